The van der Waals surface area contributed by atoms with Crippen LogP contribution in [0.2, 0.25) is 0 Å². The summed E-state index contributed by atoms with van der Waals surface area (Å²) in [5, 5.41) is 3.33. The van der Waals surface area contributed by atoms with E-state index in [0.717, 1.165) is 37.4 Å². The van der Waals surface area contributed by atoms with Gasteiger partial charge in [0.25, 0.3) is 0 Å². The number of alkyl carbamates (subject to hydrolysis) is 1. The van der Waals surface area contributed by atoms with Gasteiger partial charge in [0, 0.05) is 24.4 Å². The summed E-state index contributed by atoms with van der Waals surface area (Å²) in [6.45, 7) is 4.64. The molecule has 0 radical (unpaired) electrons. The number of hydrogen-bond donors (Lipinski definition) is 1. The molecule has 5 heteroatoms. The SMILES string of the molecule is CC1CC2CC(C)CC(NC(=O)O[C@H]3C[C@H](c4ccccc4)n4ccnc43)(C1)C2. The number of carbonyl (C=O) groups excluding carboxylic acids is 1. The Labute approximate surface area is 172 Å². The van der Waals surface area contributed by atoms with E-state index in [4.69, 9.17) is 4.74 Å². The lowest BCUT2D eigenvalue weighted by atomic mass is 9.61. The van der Waals surface area contributed by atoms with E-state index in [9.17, 15) is 4.79 Å². The van der Waals surface area contributed by atoms with Gasteiger partial charge in [-0.15, -0.1) is 0 Å². The van der Waals surface area contributed by atoms with Crippen LogP contribution in [0.3, 0.4) is 0 Å². The van der Waals surface area contributed by atoms with Crippen molar-refractivity contribution in [2.45, 2.75) is 70.1 Å². The smallest absolute Gasteiger partial charge is 0.408 e. The number of rotatable bonds is 3. The zero-order valence-corrected chi connectivity index (χ0v) is 17.4. The molecular weight excluding hydrogens is 362 g/mol. The summed E-state index contributed by atoms with van der Waals surface area (Å²) in [6, 6.07) is 10.6. The molecule has 2 fully saturated rings. The van der Waals surface area contributed by atoms with E-state index in [0.29, 0.717) is 11.8 Å². The van der Waals surface area contributed by atoms with Crippen LogP contribution in [0, 0.1) is 17.8 Å². The Morgan fingerprint density at radius 3 is 2.55 bits per heavy atom. The van der Waals surface area contributed by atoms with Gasteiger partial charge < -0.3 is 14.6 Å². The molecule has 0 spiro atoms. The molecule has 5 nitrogen and oxygen atoms in total. The van der Waals surface area contributed by atoms with Crippen molar-refractivity contribution in [2.24, 2.45) is 17.8 Å². The molecule has 1 aromatic carbocycles. The minimum Gasteiger partial charge on any atom is -0.438 e. The molecule has 2 unspecified atom stereocenters. The highest BCUT2D eigenvalue weighted by Crippen LogP contribution is 2.47. The number of aromatic nitrogens is 2. The van der Waals surface area contributed by atoms with Crippen molar-refractivity contribution >= 4 is 6.09 Å². The maximum absolute atomic E-state index is 13.0. The zero-order chi connectivity index (χ0) is 20.0. The van der Waals surface area contributed by atoms with Crippen LogP contribution in [0.15, 0.2) is 42.7 Å². The van der Waals surface area contributed by atoms with E-state index in [-0.39, 0.29) is 23.8 Å². The van der Waals surface area contributed by atoms with Gasteiger partial charge in [-0.05, 0) is 55.4 Å². The molecule has 4 atom stereocenters. The molecule has 3 aliphatic rings. The predicted octanol–water partition coefficient (Wildman–Crippen LogP) is 5.25. The number of amides is 1. The molecule has 0 saturated heterocycles. The maximum atomic E-state index is 13.0. The second-order valence-electron chi connectivity index (χ2n) is 9.81. The lowest BCUT2D eigenvalue weighted by Crippen LogP contribution is -2.56. The van der Waals surface area contributed by atoms with Gasteiger partial charge in [-0.3, -0.25) is 0 Å². The number of benzene rings is 1. The number of ether oxygens (including phenoxy) is 1. The Balaban J connectivity index is 1.30. The molecule has 154 valence electrons. The van der Waals surface area contributed by atoms with Gasteiger partial charge in [0.2, 0.25) is 0 Å². The van der Waals surface area contributed by atoms with Crippen molar-refractivity contribution in [1.29, 1.82) is 0 Å². The van der Waals surface area contributed by atoms with E-state index in [1.807, 2.05) is 12.3 Å². The summed E-state index contributed by atoms with van der Waals surface area (Å²) in [7, 11) is 0. The fraction of sp³-hybridized carbons (Fsp3) is 0.583. The standard InChI is InChI=1S/C24H31N3O2/c1-16-10-18-11-17(2)14-24(13-16,15-18)26-23(28)29-21-12-20(19-6-4-3-5-7-19)27-9-8-25-22(21)27/h3-9,16-18,20-21H,10-15H2,1-2H3,(H,26,28)/t16?,17?,18?,20-,21+,24?/m1/s1. The van der Waals surface area contributed by atoms with Crippen LogP contribution in [-0.4, -0.2) is 21.2 Å². The van der Waals surface area contributed by atoms with Crippen LogP contribution >= 0.6 is 0 Å². The van der Waals surface area contributed by atoms with Gasteiger partial charge in [0.1, 0.15) is 0 Å². The van der Waals surface area contributed by atoms with Crippen LogP contribution in [0.1, 0.15) is 75.9 Å². The topological polar surface area (TPSA) is 56.1 Å². The maximum Gasteiger partial charge on any atom is 0.408 e. The molecule has 2 heterocycles. The monoisotopic (exact) mass is 393 g/mol. The highest BCUT2D eigenvalue weighted by Gasteiger charge is 2.46. The zero-order valence-electron chi connectivity index (χ0n) is 17.4. The van der Waals surface area contributed by atoms with Crippen LogP contribution in [-0.2, 0) is 4.74 Å². The summed E-state index contributed by atoms with van der Waals surface area (Å²) in [5.74, 6) is 2.90. The van der Waals surface area contributed by atoms with Gasteiger partial charge in [0.15, 0.2) is 11.9 Å². The minimum atomic E-state index is -0.301. The first kappa shape index (κ1) is 18.7. The Bertz CT molecular complexity index is 858. The fourth-order valence-electron chi connectivity index (χ4n) is 6.56. The Morgan fingerprint density at radius 2 is 1.83 bits per heavy atom. The van der Waals surface area contributed by atoms with E-state index in [1.54, 1.807) is 6.20 Å². The molecule has 29 heavy (non-hydrogen) atoms. The molecule has 1 aromatic heterocycles. The first-order valence-electron chi connectivity index (χ1n) is 11.1. The van der Waals surface area contributed by atoms with Crippen LogP contribution in [0.25, 0.3) is 0 Å². The quantitative estimate of drug-likeness (QED) is 0.775. The average Bonchev–Trinajstić information content (AvgIpc) is 3.24. The van der Waals surface area contributed by atoms with Gasteiger partial charge in [-0.1, -0.05) is 44.2 Å². The largest absolute Gasteiger partial charge is 0.438 e. The Hall–Kier alpha value is -2.30. The number of nitrogens with one attached hydrogen (secondary N) is 1. The number of nitrogens with zero attached hydrogens (tertiary/aromatic N) is 2. The first-order valence-corrected chi connectivity index (χ1v) is 11.1. The highest BCUT2D eigenvalue weighted by molar-refractivity contribution is 5.68. The summed E-state index contributed by atoms with van der Waals surface area (Å²) >= 11 is 0. The molecule has 5 rings (SSSR count). The molecule has 1 amide bonds. The van der Waals surface area contributed by atoms with Crippen LogP contribution < -0.4 is 5.32 Å². The highest BCUT2D eigenvalue weighted by atomic mass is 16.6. The molecule has 2 saturated carbocycles. The Kier molecular flexibility index (Phi) is 4.64. The van der Waals surface area contributed by atoms with E-state index in [1.165, 1.54) is 18.4 Å². The normalized spacial score (nSPS) is 35.7. The van der Waals surface area contributed by atoms with E-state index in [2.05, 4.69) is 53.0 Å². The average molecular weight is 394 g/mol. The summed E-state index contributed by atoms with van der Waals surface area (Å²) in [5.41, 5.74) is 1.13. The summed E-state index contributed by atoms with van der Waals surface area (Å²) < 4.78 is 8.12. The number of carbonyl (C=O) groups is 1. The number of hydrogen-bond acceptors (Lipinski definition) is 3. The lowest BCUT2D eigenvalue weighted by molar-refractivity contribution is 0.0364. The predicted molar refractivity (Wildman–Crippen MR) is 111 cm³/mol. The third-order valence-corrected chi connectivity index (χ3v) is 7.19. The van der Waals surface area contributed by atoms with Crippen molar-refractivity contribution in [3.05, 3.63) is 54.1 Å². The van der Waals surface area contributed by atoms with Crippen molar-refractivity contribution in [2.75, 3.05) is 0 Å². The molecular formula is C24H31N3O2. The number of fused-ring (bicyclic) bond motifs is 3. The van der Waals surface area contributed by atoms with Gasteiger partial charge in [0.05, 0.1) is 6.04 Å². The molecule has 1 N–H and O–H groups in total. The second kappa shape index (κ2) is 7.19. The third kappa shape index (κ3) is 3.56. The van der Waals surface area contributed by atoms with Crippen molar-refractivity contribution in [1.82, 2.24) is 14.9 Å². The third-order valence-electron chi connectivity index (χ3n) is 7.19. The minimum absolute atomic E-state index is 0.0933. The summed E-state index contributed by atoms with van der Waals surface area (Å²) in [6.07, 6.45) is 9.76. The molecule has 2 bridgehead atoms. The lowest BCUT2D eigenvalue weighted by Gasteiger charge is -2.50. The van der Waals surface area contributed by atoms with E-state index >= 15 is 0 Å². The first-order chi connectivity index (χ1) is 14.0. The van der Waals surface area contributed by atoms with Gasteiger partial charge in [-0.2, -0.15) is 0 Å². The number of imidazole rings is 1. The Morgan fingerprint density at radius 1 is 1.10 bits per heavy atom. The van der Waals surface area contributed by atoms with Crippen molar-refractivity contribution in [3.63, 3.8) is 0 Å². The van der Waals surface area contributed by atoms with E-state index < -0.39 is 0 Å². The summed E-state index contributed by atoms with van der Waals surface area (Å²) in [4.78, 5) is 17.5. The fourth-order valence-corrected chi connectivity index (χ4v) is 6.56. The molecule has 2 aromatic rings. The van der Waals surface area contributed by atoms with Gasteiger partial charge >= 0.3 is 6.09 Å². The van der Waals surface area contributed by atoms with Gasteiger partial charge in [-0.25, -0.2) is 9.78 Å². The van der Waals surface area contributed by atoms with Crippen LogP contribution in [0.5, 0.6) is 0 Å². The van der Waals surface area contributed by atoms with Crippen molar-refractivity contribution < 1.29 is 9.53 Å². The van der Waals surface area contributed by atoms with Crippen LogP contribution in [0.4, 0.5) is 4.79 Å². The molecule has 2 aliphatic carbocycles. The van der Waals surface area contributed by atoms with Crippen molar-refractivity contribution in [3.8, 4) is 0 Å². The molecule has 1 aliphatic heterocycles. The second-order valence-corrected chi connectivity index (χ2v) is 9.81.